The van der Waals surface area contributed by atoms with Gasteiger partial charge < -0.3 is 10.1 Å². The highest BCUT2D eigenvalue weighted by Crippen LogP contribution is 2.64. The van der Waals surface area contributed by atoms with Crippen molar-refractivity contribution in [2.24, 2.45) is 49.7 Å². The summed E-state index contributed by atoms with van der Waals surface area (Å²) in [5, 5.41) is 3.81. The molecule has 0 saturated carbocycles. The molecule has 0 aromatic carbocycles. The molecule has 0 aromatic rings. The second kappa shape index (κ2) is 12.7. The Labute approximate surface area is 256 Å². The van der Waals surface area contributed by atoms with Gasteiger partial charge in [-0.1, -0.05) is 83.1 Å². The maximum atomic E-state index is 6.07. The summed E-state index contributed by atoms with van der Waals surface area (Å²) in [6.07, 6.45) is 13.3. The molecule has 1 N–H and O–H groups in total. The van der Waals surface area contributed by atoms with Crippen LogP contribution < -0.4 is 5.32 Å². The summed E-state index contributed by atoms with van der Waals surface area (Å²) < 4.78 is 6.07. The number of nitrogens with one attached hydrogen (secondary N) is 1. The molecule has 3 aliphatic heterocycles. The smallest absolute Gasteiger partial charge is 0.0471 e. The minimum absolute atomic E-state index is 0.282. The first kappa shape index (κ1) is 34.8. The van der Waals surface area contributed by atoms with Gasteiger partial charge in [0.2, 0.25) is 0 Å². The van der Waals surface area contributed by atoms with Gasteiger partial charge in [-0.3, -0.25) is 0 Å². The number of rotatable bonds is 11. The van der Waals surface area contributed by atoms with E-state index in [9.17, 15) is 0 Å². The maximum absolute atomic E-state index is 6.07. The Morgan fingerprint density at radius 1 is 0.700 bits per heavy atom. The summed E-state index contributed by atoms with van der Waals surface area (Å²) in [6, 6.07) is 0. The Morgan fingerprint density at radius 2 is 1.25 bits per heavy atom. The van der Waals surface area contributed by atoms with Crippen molar-refractivity contribution in [1.82, 2.24) is 5.32 Å². The average Bonchev–Trinajstić information content (AvgIpc) is 2.91. The first-order valence-electron chi connectivity index (χ1n) is 17.3. The molecule has 0 bridgehead atoms. The van der Waals surface area contributed by atoms with Gasteiger partial charge in [0.1, 0.15) is 0 Å². The van der Waals surface area contributed by atoms with E-state index in [-0.39, 0.29) is 5.41 Å². The van der Waals surface area contributed by atoms with E-state index < -0.39 is 0 Å². The first-order valence-corrected chi connectivity index (χ1v) is 18.4. The maximum Gasteiger partial charge on any atom is 0.0471 e. The van der Waals surface area contributed by atoms with Crippen molar-refractivity contribution in [2.75, 3.05) is 37.8 Å². The van der Waals surface area contributed by atoms with Gasteiger partial charge >= 0.3 is 0 Å². The molecule has 3 saturated heterocycles. The largest absolute Gasteiger partial charge is 0.381 e. The van der Waals surface area contributed by atoms with Crippen LogP contribution in [-0.2, 0) is 4.74 Å². The van der Waals surface area contributed by atoms with E-state index in [0.29, 0.717) is 38.4 Å². The summed E-state index contributed by atoms with van der Waals surface area (Å²) >= 11 is 2.18. The van der Waals surface area contributed by atoms with E-state index in [1.165, 1.54) is 88.8 Å². The minimum Gasteiger partial charge on any atom is -0.381 e. The summed E-state index contributed by atoms with van der Waals surface area (Å²) in [7, 11) is 0. The zero-order valence-corrected chi connectivity index (χ0v) is 30.1. The molecule has 3 fully saturated rings. The van der Waals surface area contributed by atoms with E-state index in [4.69, 9.17) is 4.74 Å². The fourth-order valence-corrected chi connectivity index (χ4v) is 11.9. The molecular formula is C37H71NOS. The molecule has 3 rings (SSSR count). The van der Waals surface area contributed by atoms with E-state index in [1.54, 1.807) is 0 Å². The molecule has 0 radical (unpaired) electrons. The molecule has 0 amide bonds. The molecule has 40 heavy (non-hydrogen) atoms. The fourth-order valence-electron chi connectivity index (χ4n) is 10.7. The Balaban J connectivity index is 1.82. The van der Waals surface area contributed by atoms with Gasteiger partial charge in [0.05, 0.1) is 0 Å². The summed E-state index contributed by atoms with van der Waals surface area (Å²) in [5.74, 6) is 4.18. The summed E-state index contributed by atoms with van der Waals surface area (Å²) in [6.45, 7) is 35.2. The molecule has 3 heterocycles. The zero-order valence-electron chi connectivity index (χ0n) is 29.3. The second-order valence-electron chi connectivity index (χ2n) is 17.9. The average molecular weight is 578 g/mol. The molecule has 0 aromatic heterocycles. The van der Waals surface area contributed by atoms with Gasteiger partial charge in [0, 0.05) is 19.8 Å². The lowest BCUT2D eigenvalue weighted by Gasteiger charge is -2.60. The molecular weight excluding hydrogens is 506 g/mol. The number of ether oxygens (including phenoxy) is 1. The Kier molecular flexibility index (Phi) is 11.0. The van der Waals surface area contributed by atoms with Crippen LogP contribution in [0.15, 0.2) is 0 Å². The van der Waals surface area contributed by atoms with Crippen LogP contribution in [0.3, 0.4) is 0 Å². The van der Waals surface area contributed by atoms with Gasteiger partial charge in [-0.2, -0.15) is 11.8 Å². The standard InChI is InChI=1S/C37H71NOS/c1-29(2)36(15-13-23-38-28-36)32(7,8)17-18-34(11,12)37(19-24-39-25-20-37)33(9,10)16-14-30(3)35(31(4,5)6)21-26-40-27-22-35/h29-30,38H,13-28H2,1-12H3. The summed E-state index contributed by atoms with van der Waals surface area (Å²) in [4.78, 5) is 0. The van der Waals surface area contributed by atoms with Crippen LogP contribution >= 0.6 is 11.8 Å². The lowest BCUT2D eigenvalue weighted by Crippen LogP contribution is -2.55. The van der Waals surface area contributed by atoms with Crippen LogP contribution in [0.1, 0.15) is 147 Å². The quantitative estimate of drug-likeness (QED) is 0.264. The lowest BCUT2D eigenvalue weighted by molar-refractivity contribution is -0.142. The number of piperidine rings is 1. The van der Waals surface area contributed by atoms with Gasteiger partial charge in [0.15, 0.2) is 0 Å². The van der Waals surface area contributed by atoms with E-state index >= 15 is 0 Å². The van der Waals surface area contributed by atoms with Crippen molar-refractivity contribution < 1.29 is 4.74 Å². The van der Waals surface area contributed by atoms with Gasteiger partial charge in [-0.25, -0.2) is 0 Å². The van der Waals surface area contributed by atoms with E-state index in [0.717, 1.165) is 19.1 Å². The van der Waals surface area contributed by atoms with Crippen LogP contribution in [0, 0.1) is 49.7 Å². The molecule has 236 valence electrons. The highest BCUT2D eigenvalue weighted by molar-refractivity contribution is 7.99. The van der Waals surface area contributed by atoms with Gasteiger partial charge in [-0.05, 0) is 132 Å². The molecule has 3 aliphatic rings. The summed E-state index contributed by atoms with van der Waals surface area (Å²) in [5.41, 5.74) is 2.48. The van der Waals surface area contributed by atoms with Crippen molar-refractivity contribution in [2.45, 2.75) is 147 Å². The first-order chi connectivity index (χ1) is 18.4. The second-order valence-corrected chi connectivity index (χ2v) is 19.1. The van der Waals surface area contributed by atoms with Gasteiger partial charge in [-0.15, -0.1) is 0 Å². The third-order valence-corrected chi connectivity index (χ3v) is 15.2. The minimum atomic E-state index is 0.282. The highest BCUT2D eigenvalue weighted by atomic mass is 32.2. The SMILES string of the molecule is CC(CCC(C)(C)C1(C(C)(C)CCC(C)(C)C2(C(C)C)CCCNC2)CCOCC1)C1(C(C)(C)C)CCSCC1. The monoisotopic (exact) mass is 578 g/mol. The van der Waals surface area contributed by atoms with Crippen LogP contribution in [-0.4, -0.2) is 37.8 Å². The molecule has 0 aliphatic carbocycles. The molecule has 3 heteroatoms. The predicted octanol–water partition coefficient (Wildman–Crippen LogP) is 10.6. The topological polar surface area (TPSA) is 21.3 Å². The van der Waals surface area contributed by atoms with Crippen molar-refractivity contribution in [3.8, 4) is 0 Å². The van der Waals surface area contributed by atoms with E-state index in [1.807, 2.05) is 0 Å². The number of hydrogen-bond donors (Lipinski definition) is 1. The lowest BCUT2D eigenvalue weighted by atomic mass is 9.46. The van der Waals surface area contributed by atoms with Crippen LogP contribution in [0.2, 0.25) is 0 Å². The van der Waals surface area contributed by atoms with Crippen molar-refractivity contribution in [3.63, 3.8) is 0 Å². The van der Waals surface area contributed by atoms with Crippen LogP contribution in [0.4, 0.5) is 0 Å². The Bertz CT molecular complexity index is 785. The zero-order chi connectivity index (χ0) is 30.1. The fraction of sp³-hybridized carbons (Fsp3) is 1.00. The van der Waals surface area contributed by atoms with Crippen LogP contribution in [0.5, 0.6) is 0 Å². The highest BCUT2D eigenvalue weighted by Gasteiger charge is 2.56. The molecule has 2 unspecified atom stereocenters. The Morgan fingerprint density at radius 3 is 1.75 bits per heavy atom. The Hall–Kier alpha value is 0.270. The number of hydrogen-bond acceptors (Lipinski definition) is 3. The van der Waals surface area contributed by atoms with E-state index in [2.05, 4.69) is 100 Å². The third-order valence-electron chi connectivity index (χ3n) is 14.2. The third kappa shape index (κ3) is 6.38. The predicted molar refractivity (Wildman–Crippen MR) is 179 cm³/mol. The van der Waals surface area contributed by atoms with Crippen LogP contribution in [0.25, 0.3) is 0 Å². The van der Waals surface area contributed by atoms with Crippen molar-refractivity contribution in [3.05, 3.63) is 0 Å². The molecule has 2 atom stereocenters. The van der Waals surface area contributed by atoms with Crippen molar-refractivity contribution in [1.29, 1.82) is 0 Å². The number of thioether (sulfide) groups is 1. The van der Waals surface area contributed by atoms with Gasteiger partial charge in [0.25, 0.3) is 0 Å². The van der Waals surface area contributed by atoms with Crippen molar-refractivity contribution >= 4 is 11.8 Å². The molecule has 0 spiro atoms. The normalized spacial score (nSPS) is 27.5. The molecule has 2 nitrogen and oxygen atoms in total.